The van der Waals surface area contributed by atoms with Gasteiger partial charge in [-0.25, -0.2) is 4.98 Å². The zero-order valence-electron chi connectivity index (χ0n) is 8.45. The van der Waals surface area contributed by atoms with E-state index in [9.17, 15) is 0 Å². The molecule has 0 saturated heterocycles. The van der Waals surface area contributed by atoms with Gasteiger partial charge < -0.3 is 11.1 Å². The highest BCUT2D eigenvalue weighted by molar-refractivity contribution is 5.38. The van der Waals surface area contributed by atoms with E-state index in [1.165, 1.54) is 12.8 Å². The van der Waals surface area contributed by atoms with Gasteiger partial charge in [-0.1, -0.05) is 0 Å². The second-order valence-electron chi connectivity index (χ2n) is 4.05. The molecule has 1 aromatic heterocycles. The molecule has 0 bridgehead atoms. The van der Waals surface area contributed by atoms with Crippen LogP contribution in [-0.2, 0) is 0 Å². The lowest BCUT2D eigenvalue weighted by Crippen LogP contribution is -2.24. The third kappa shape index (κ3) is 1.85. The van der Waals surface area contributed by atoms with Crippen LogP contribution in [0.15, 0.2) is 12.4 Å². The summed E-state index contributed by atoms with van der Waals surface area (Å²) in [4.78, 5) is 8.40. The number of nitrogens with two attached hydrogens (primary N) is 1. The van der Waals surface area contributed by atoms with Crippen LogP contribution in [0, 0.1) is 12.3 Å². The molecule has 76 valence electrons. The van der Waals surface area contributed by atoms with Crippen molar-refractivity contribution < 1.29 is 0 Å². The summed E-state index contributed by atoms with van der Waals surface area (Å²) < 4.78 is 0. The van der Waals surface area contributed by atoms with Crippen molar-refractivity contribution in [3.63, 3.8) is 0 Å². The molecule has 0 aliphatic heterocycles. The predicted molar refractivity (Wildman–Crippen MR) is 56.0 cm³/mol. The van der Waals surface area contributed by atoms with E-state index in [1.54, 1.807) is 12.4 Å². The first-order valence-corrected chi connectivity index (χ1v) is 4.97. The minimum Gasteiger partial charge on any atom is -0.368 e. The monoisotopic (exact) mass is 192 g/mol. The summed E-state index contributed by atoms with van der Waals surface area (Å²) >= 11 is 0. The van der Waals surface area contributed by atoms with Crippen molar-refractivity contribution in [3.05, 3.63) is 18.1 Å². The maximum Gasteiger partial charge on any atom is 0.147 e. The second kappa shape index (κ2) is 3.53. The van der Waals surface area contributed by atoms with Crippen molar-refractivity contribution in [2.75, 3.05) is 18.4 Å². The molecule has 1 aliphatic carbocycles. The number of anilines is 1. The fraction of sp³-hybridized carbons (Fsp3) is 0.600. The lowest BCUT2D eigenvalue weighted by atomic mass is 10.1. The molecule has 14 heavy (non-hydrogen) atoms. The van der Waals surface area contributed by atoms with Gasteiger partial charge in [0.05, 0.1) is 5.69 Å². The smallest absolute Gasteiger partial charge is 0.147 e. The summed E-state index contributed by atoms with van der Waals surface area (Å²) in [6, 6.07) is 0. The molecule has 1 aliphatic rings. The normalized spacial score (nSPS) is 17.9. The summed E-state index contributed by atoms with van der Waals surface area (Å²) in [5, 5.41) is 3.31. The van der Waals surface area contributed by atoms with E-state index in [4.69, 9.17) is 5.73 Å². The van der Waals surface area contributed by atoms with Crippen molar-refractivity contribution >= 4 is 5.82 Å². The van der Waals surface area contributed by atoms with Crippen LogP contribution < -0.4 is 11.1 Å². The Labute approximate surface area is 83.9 Å². The minimum absolute atomic E-state index is 0.337. The van der Waals surface area contributed by atoms with Crippen LogP contribution in [0.2, 0.25) is 0 Å². The van der Waals surface area contributed by atoms with Gasteiger partial charge in [0, 0.05) is 18.9 Å². The van der Waals surface area contributed by atoms with Gasteiger partial charge in [0.2, 0.25) is 0 Å². The molecule has 1 aromatic rings. The summed E-state index contributed by atoms with van der Waals surface area (Å²) in [5.41, 5.74) is 6.98. The van der Waals surface area contributed by atoms with Crippen LogP contribution in [0.1, 0.15) is 18.5 Å². The molecule has 2 rings (SSSR count). The molecule has 0 unspecified atom stereocenters. The summed E-state index contributed by atoms with van der Waals surface area (Å²) in [7, 11) is 0. The van der Waals surface area contributed by atoms with Crippen molar-refractivity contribution in [1.82, 2.24) is 9.97 Å². The second-order valence-corrected chi connectivity index (χ2v) is 4.05. The first kappa shape index (κ1) is 9.40. The molecule has 0 spiro atoms. The Hall–Kier alpha value is -1.16. The van der Waals surface area contributed by atoms with Gasteiger partial charge in [0.15, 0.2) is 0 Å². The maximum atomic E-state index is 5.69. The third-order valence-electron chi connectivity index (χ3n) is 2.90. The first-order chi connectivity index (χ1) is 6.76. The van der Waals surface area contributed by atoms with E-state index in [2.05, 4.69) is 15.3 Å². The predicted octanol–water partition coefficient (Wildman–Crippen LogP) is 0.936. The first-order valence-electron chi connectivity index (χ1n) is 4.97. The number of hydrogen-bond donors (Lipinski definition) is 2. The molecule has 4 heteroatoms. The average Bonchev–Trinajstić information content (AvgIpc) is 2.98. The molecule has 0 aromatic carbocycles. The van der Waals surface area contributed by atoms with Gasteiger partial charge in [0.25, 0.3) is 0 Å². The standard InChI is InChI=1S/C10H16N4/c1-8-9(13-5-4-12-8)14-7-10(6-11)2-3-10/h4-5H,2-3,6-7,11H2,1H3,(H,13,14). The highest BCUT2D eigenvalue weighted by atomic mass is 15.0. The molecule has 1 fully saturated rings. The Bertz CT molecular complexity index is 320. The SMILES string of the molecule is Cc1nccnc1NCC1(CN)CC1. The molecule has 4 nitrogen and oxygen atoms in total. The van der Waals surface area contributed by atoms with E-state index in [0.29, 0.717) is 5.41 Å². The number of rotatable bonds is 4. The van der Waals surface area contributed by atoms with Gasteiger partial charge in [-0.2, -0.15) is 0 Å². The number of nitrogens with zero attached hydrogens (tertiary/aromatic N) is 2. The molecule has 0 radical (unpaired) electrons. The van der Waals surface area contributed by atoms with E-state index in [1.807, 2.05) is 6.92 Å². The molecule has 0 atom stereocenters. The quantitative estimate of drug-likeness (QED) is 0.745. The number of aromatic nitrogens is 2. The molecule has 0 amide bonds. The Morgan fingerprint density at radius 3 is 2.71 bits per heavy atom. The van der Waals surface area contributed by atoms with Crippen molar-refractivity contribution in [2.45, 2.75) is 19.8 Å². The number of aryl methyl sites for hydroxylation is 1. The zero-order valence-corrected chi connectivity index (χ0v) is 8.45. The average molecular weight is 192 g/mol. The minimum atomic E-state index is 0.337. The lowest BCUT2D eigenvalue weighted by molar-refractivity contribution is 0.554. The summed E-state index contributed by atoms with van der Waals surface area (Å²) in [6.45, 7) is 3.64. The number of nitrogens with one attached hydrogen (secondary N) is 1. The van der Waals surface area contributed by atoms with Gasteiger partial charge in [-0.05, 0) is 31.7 Å². The van der Waals surface area contributed by atoms with Gasteiger partial charge in [-0.3, -0.25) is 4.98 Å². The largest absolute Gasteiger partial charge is 0.368 e. The maximum absolute atomic E-state index is 5.69. The van der Waals surface area contributed by atoms with Gasteiger partial charge >= 0.3 is 0 Å². The van der Waals surface area contributed by atoms with Crippen LogP contribution in [0.5, 0.6) is 0 Å². The topological polar surface area (TPSA) is 63.8 Å². The van der Waals surface area contributed by atoms with Crippen LogP contribution in [0.4, 0.5) is 5.82 Å². The van der Waals surface area contributed by atoms with Crippen LogP contribution in [-0.4, -0.2) is 23.1 Å². The fourth-order valence-electron chi connectivity index (χ4n) is 1.48. The number of hydrogen-bond acceptors (Lipinski definition) is 4. The summed E-state index contributed by atoms with van der Waals surface area (Å²) in [5.74, 6) is 0.882. The lowest BCUT2D eigenvalue weighted by Gasteiger charge is -2.14. The molecule has 3 N–H and O–H groups in total. The Morgan fingerprint density at radius 1 is 1.43 bits per heavy atom. The molecular formula is C10H16N4. The van der Waals surface area contributed by atoms with E-state index in [-0.39, 0.29) is 0 Å². The third-order valence-corrected chi connectivity index (χ3v) is 2.90. The highest BCUT2D eigenvalue weighted by Crippen LogP contribution is 2.44. The highest BCUT2D eigenvalue weighted by Gasteiger charge is 2.40. The molecule has 1 heterocycles. The Kier molecular flexibility index (Phi) is 2.37. The van der Waals surface area contributed by atoms with Crippen LogP contribution in [0.3, 0.4) is 0 Å². The van der Waals surface area contributed by atoms with E-state index < -0.39 is 0 Å². The van der Waals surface area contributed by atoms with Crippen molar-refractivity contribution in [3.8, 4) is 0 Å². The van der Waals surface area contributed by atoms with Gasteiger partial charge in [0.1, 0.15) is 5.82 Å². The zero-order chi connectivity index (χ0) is 10.0. The van der Waals surface area contributed by atoms with Crippen LogP contribution >= 0.6 is 0 Å². The van der Waals surface area contributed by atoms with Crippen molar-refractivity contribution in [1.29, 1.82) is 0 Å². The van der Waals surface area contributed by atoms with E-state index >= 15 is 0 Å². The van der Waals surface area contributed by atoms with Crippen LogP contribution in [0.25, 0.3) is 0 Å². The summed E-state index contributed by atoms with van der Waals surface area (Å²) in [6.07, 6.45) is 5.87. The Morgan fingerprint density at radius 2 is 2.14 bits per heavy atom. The Balaban J connectivity index is 1.95. The fourth-order valence-corrected chi connectivity index (χ4v) is 1.48. The molecule has 1 saturated carbocycles. The molecular weight excluding hydrogens is 176 g/mol. The van der Waals surface area contributed by atoms with Gasteiger partial charge in [-0.15, -0.1) is 0 Å². The van der Waals surface area contributed by atoms with Crippen molar-refractivity contribution in [2.24, 2.45) is 11.1 Å². The van der Waals surface area contributed by atoms with E-state index in [0.717, 1.165) is 24.6 Å².